The molecule has 0 bridgehead atoms. The van der Waals surface area contributed by atoms with Gasteiger partial charge in [0.1, 0.15) is 12.5 Å². The summed E-state index contributed by atoms with van der Waals surface area (Å²) >= 11 is 0. The Labute approximate surface area is 133 Å². The summed E-state index contributed by atoms with van der Waals surface area (Å²) in [6.45, 7) is 1.95. The van der Waals surface area contributed by atoms with Crippen molar-refractivity contribution in [1.29, 1.82) is 5.41 Å². The van der Waals surface area contributed by atoms with Crippen molar-refractivity contribution in [3.8, 4) is 17.1 Å². The zero-order chi connectivity index (χ0) is 16.7. The van der Waals surface area contributed by atoms with Crippen LogP contribution in [-0.2, 0) is 11.5 Å². The number of methoxy groups -OCH3 is 1. The molecule has 122 valence electrons. The Kier molecular flexibility index (Phi) is 5.95. The van der Waals surface area contributed by atoms with Crippen molar-refractivity contribution in [3.05, 3.63) is 30.1 Å². The summed E-state index contributed by atoms with van der Waals surface area (Å²) in [6.07, 6.45) is 1.51. The molecular formula is C15H19N5O3. The second-order valence-electron chi connectivity index (χ2n) is 4.49. The molecule has 0 aliphatic heterocycles. The minimum Gasteiger partial charge on any atom is -0.497 e. The van der Waals surface area contributed by atoms with Crippen molar-refractivity contribution in [3.63, 3.8) is 0 Å². The highest BCUT2D eigenvalue weighted by Gasteiger charge is 2.15. The van der Waals surface area contributed by atoms with Gasteiger partial charge in [0, 0.05) is 11.8 Å². The van der Waals surface area contributed by atoms with Crippen LogP contribution in [0.5, 0.6) is 5.75 Å². The van der Waals surface area contributed by atoms with Gasteiger partial charge in [-0.05, 0) is 19.1 Å². The number of rotatable bonds is 7. The van der Waals surface area contributed by atoms with Crippen LogP contribution in [-0.4, -0.2) is 52.2 Å². The molecule has 0 saturated carbocycles. The van der Waals surface area contributed by atoms with Gasteiger partial charge < -0.3 is 14.6 Å². The van der Waals surface area contributed by atoms with Crippen LogP contribution in [0, 0.1) is 5.41 Å². The summed E-state index contributed by atoms with van der Waals surface area (Å²) < 4.78 is 12.1. The van der Waals surface area contributed by atoms with E-state index in [0.717, 1.165) is 5.56 Å². The van der Waals surface area contributed by atoms with Crippen molar-refractivity contribution in [2.45, 2.75) is 13.7 Å². The first-order valence-corrected chi connectivity index (χ1v) is 7.05. The first-order chi connectivity index (χ1) is 11.2. The molecule has 8 nitrogen and oxygen atoms in total. The van der Waals surface area contributed by atoms with Crippen LogP contribution >= 0.6 is 0 Å². The SMILES string of the molecule is CC=NC(=N)c1nc(-c2cccc(OC)c2)n(COCCO)n1. The lowest BCUT2D eigenvalue weighted by molar-refractivity contribution is 0.0426. The Morgan fingerprint density at radius 3 is 3.00 bits per heavy atom. The van der Waals surface area contributed by atoms with Crippen LogP contribution in [0.15, 0.2) is 29.3 Å². The second-order valence-corrected chi connectivity index (χ2v) is 4.49. The van der Waals surface area contributed by atoms with Crippen molar-refractivity contribution < 1.29 is 14.6 Å². The van der Waals surface area contributed by atoms with Gasteiger partial charge in [0.05, 0.1) is 20.3 Å². The van der Waals surface area contributed by atoms with Gasteiger partial charge in [0.2, 0.25) is 5.82 Å². The molecule has 0 radical (unpaired) electrons. The van der Waals surface area contributed by atoms with Gasteiger partial charge >= 0.3 is 0 Å². The topological polar surface area (TPSA) is 106 Å². The third kappa shape index (κ3) is 4.21. The van der Waals surface area contributed by atoms with E-state index < -0.39 is 0 Å². The Morgan fingerprint density at radius 2 is 2.30 bits per heavy atom. The van der Waals surface area contributed by atoms with Crippen molar-refractivity contribution >= 4 is 12.1 Å². The lowest BCUT2D eigenvalue weighted by Gasteiger charge is -2.07. The zero-order valence-electron chi connectivity index (χ0n) is 13.1. The maximum atomic E-state index is 8.82. The highest BCUT2D eigenvalue weighted by atomic mass is 16.5. The molecule has 0 atom stereocenters. The highest BCUT2D eigenvalue weighted by molar-refractivity contribution is 5.97. The molecule has 8 heteroatoms. The number of aliphatic imine (C=N–C) groups is 1. The van der Waals surface area contributed by atoms with Crippen molar-refractivity contribution in [1.82, 2.24) is 14.8 Å². The lowest BCUT2D eigenvalue weighted by atomic mass is 10.2. The number of amidine groups is 1. The Hall–Kier alpha value is -2.58. The van der Waals surface area contributed by atoms with Crippen LogP contribution in [0.3, 0.4) is 0 Å². The van der Waals surface area contributed by atoms with E-state index in [1.807, 2.05) is 24.3 Å². The van der Waals surface area contributed by atoms with E-state index in [2.05, 4.69) is 15.1 Å². The molecule has 1 aromatic carbocycles. The lowest BCUT2D eigenvalue weighted by Crippen LogP contribution is -2.09. The van der Waals surface area contributed by atoms with E-state index in [9.17, 15) is 0 Å². The molecule has 2 rings (SSSR count). The molecule has 23 heavy (non-hydrogen) atoms. The fourth-order valence-corrected chi connectivity index (χ4v) is 1.91. The van der Waals surface area contributed by atoms with Gasteiger partial charge in [-0.15, -0.1) is 5.10 Å². The summed E-state index contributed by atoms with van der Waals surface area (Å²) in [7, 11) is 1.59. The van der Waals surface area contributed by atoms with Gasteiger partial charge in [-0.25, -0.2) is 14.7 Å². The van der Waals surface area contributed by atoms with Gasteiger partial charge in [-0.1, -0.05) is 12.1 Å². The summed E-state index contributed by atoms with van der Waals surface area (Å²) in [5.74, 6) is 1.40. The standard InChI is InChI=1S/C15H19N5O3/c1-3-17-13(16)14-18-15(20(19-14)10-23-8-7-21)11-5-4-6-12(9-11)22-2/h3-6,9,16,21H,7-8,10H2,1-2H3. The predicted molar refractivity (Wildman–Crippen MR) is 86.0 cm³/mol. The first-order valence-electron chi connectivity index (χ1n) is 7.05. The van der Waals surface area contributed by atoms with Gasteiger partial charge in [0.15, 0.2) is 11.7 Å². The van der Waals surface area contributed by atoms with Crippen molar-refractivity contribution in [2.24, 2.45) is 4.99 Å². The predicted octanol–water partition coefficient (Wildman–Crippen LogP) is 1.34. The van der Waals surface area contributed by atoms with E-state index in [0.29, 0.717) is 11.6 Å². The molecule has 1 heterocycles. The number of nitrogens with one attached hydrogen (secondary N) is 1. The third-order valence-electron chi connectivity index (χ3n) is 2.92. The molecule has 2 aromatic rings. The number of aliphatic hydroxyl groups excluding tert-OH is 1. The number of aliphatic hydroxyl groups is 1. The molecule has 0 unspecified atom stereocenters. The average molecular weight is 317 g/mol. The molecule has 0 spiro atoms. The molecule has 0 aliphatic carbocycles. The Bertz CT molecular complexity index is 696. The van der Waals surface area contributed by atoms with E-state index in [4.69, 9.17) is 20.0 Å². The van der Waals surface area contributed by atoms with Crippen LogP contribution < -0.4 is 4.74 Å². The van der Waals surface area contributed by atoms with E-state index in [-0.39, 0.29) is 31.6 Å². The Balaban J connectivity index is 2.39. The molecule has 0 aliphatic rings. The van der Waals surface area contributed by atoms with Crippen LogP contribution in [0.4, 0.5) is 0 Å². The van der Waals surface area contributed by atoms with Gasteiger partial charge in [-0.3, -0.25) is 5.41 Å². The minimum absolute atomic E-state index is 0.0300. The number of benzene rings is 1. The fraction of sp³-hybridized carbons (Fsp3) is 0.333. The first kappa shape index (κ1) is 16.8. The summed E-state index contributed by atoms with van der Waals surface area (Å²) in [5, 5.41) is 20.9. The van der Waals surface area contributed by atoms with Crippen LogP contribution in [0.2, 0.25) is 0 Å². The smallest absolute Gasteiger partial charge is 0.219 e. The number of hydrogen-bond acceptors (Lipinski definition) is 6. The summed E-state index contributed by atoms with van der Waals surface area (Å²) in [5.41, 5.74) is 0.781. The number of ether oxygens (including phenoxy) is 2. The van der Waals surface area contributed by atoms with Crippen LogP contribution in [0.25, 0.3) is 11.4 Å². The van der Waals surface area contributed by atoms with Crippen LogP contribution in [0.1, 0.15) is 12.7 Å². The fourth-order valence-electron chi connectivity index (χ4n) is 1.91. The normalized spacial score (nSPS) is 11.1. The number of nitrogens with zero attached hydrogens (tertiary/aromatic N) is 4. The van der Waals surface area contributed by atoms with Gasteiger partial charge in [0.25, 0.3) is 0 Å². The third-order valence-corrected chi connectivity index (χ3v) is 2.92. The summed E-state index contributed by atoms with van der Waals surface area (Å²) in [6, 6.07) is 7.36. The second kappa shape index (κ2) is 8.16. The molecule has 2 N–H and O–H groups in total. The number of hydrogen-bond donors (Lipinski definition) is 2. The minimum atomic E-state index is -0.0774. The van der Waals surface area contributed by atoms with Gasteiger partial charge in [-0.2, -0.15) is 0 Å². The maximum Gasteiger partial charge on any atom is 0.219 e. The van der Waals surface area contributed by atoms with E-state index in [1.54, 1.807) is 14.0 Å². The zero-order valence-corrected chi connectivity index (χ0v) is 13.1. The largest absolute Gasteiger partial charge is 0.497 e. The average Bonchev–Trinajstić information content (AvgIpc) is 3.00. The van der Waals surface area contributed by atoms with E-state index >= 15 is 0 Å². The number of aromatic nitrogens is 3. The van der Waals surface area contributed by atoms with Crippen molar-refractivity contribution in [2.75, 3.05) is 20.3 Å². The maximum absolute atomic E-state index is 8.82. The molecule has 0 amide bonds. The molecule has 1 aromatic heterocycles. The monoisotopic (exact) mass is 317 g/mol. The van der Waals surface area contributed by atoms with E-state index in [1.165, 1.54) is 10.9 Å². The molecule has 0 saturated heterocycles. The molecular weight excluding hydrogens is 298 g/mol. The highest BCUT2D eigenvalue weighted by Crippen LogP contribution is 2.22. The quantitative estimate of drug-likeness (QED) is 0.455. The summed E-state index contributed by atoms with van der Waals surface area (Å²) in [4.78, 5) is 8.26. The molecule has 0 fully saturated rings. The Morgan fingerprint density at radius 1 is 1.48 bits per heavy atom.